The van der Waals surface area contributed by atoms with Crippen molar-refractivity contribution in [3.63, 3.8) is 0 Å². The molecule has 0 saturated carbocycles. The Labute approximate surface area is 160 Å². The third-order valence-electron chi connectivity index (χ3n) is 5.20. The van der Waals surface area contributed by atoms with Gasteiger partial charge in [-0.15, -0.1) is 0 Å². The number of esters is 1. The molecule has 0 aliphatic carbocycles. The van der Waals surface area contributed by atoms with Gasteiger partial charge in [-0.25, -0.2) is 4.79 Å². The maximum absolute atomic E-state index is 12.3. The molecule has 3 rings (SSSR count). The fourth-order valence-corrected chi connectivity index (χ4v) is 3.56. The lowest BCUT2D eigenvalue weighted by molar-refractivity contribution is 0.0600. The third kappa shape index (κ3) is 4.74. The number of carbonyl (C=O) groups excluding carboxylic acids is 2. The number of rotatable bonds is 6. The van der Waals surface area contributed by atoms with E-state index >= 15 is 0 Å². The first-order chi connectivity index (χ1) is 13.1. The Balaban J connectivity index is 1.59. The second-order valence-electron chi connectivity index (χ2n) is 6.97. The summed E-state index contributed by atoms with van der Waals surface area (Å²) < 4.78 is 4.76. The summed E-state index contributed by atoms with van der Waals surface area (Å²) in [7, 11) is 3.51. The number of nitrogens with zero attached hydrogens (tertiary/aromatic N) is 1. The van der Waals surface area contributed by atoms with Crippen molar-refractivity contribution in [1.29, 1.82) is 0 Å². The van der Waals surface area contributed by atoms with Gasteiger partial charge in [0, 0.05) is 18.2 Å². The molecule has 142 valence electrons. The topological polar surface area (TPSA) is 58.6 Å². The van der Waals surface area contributed by atoms with Crippen LogP contribution >= 0.6 is 0 Å². The number of carbonyl (C=O) groups is 2. The Morgan fingerprint density at radius 2 is 1.89 bits per heavy atom. The van der Waals surface area contributed by atoms with E-state index in [1.165, 1.54) is 20.0 Å². The number of nitrogens with one attached hydrogen (secondary N) is 1. The second kappa shape index (κ2) is 8.82. The van der Waals surface area contributed by atoms with Gasteiger partial charge in [-0.05, 0) is 68.2 Å². The number of amides is 1. The molecule has 1 aliphatic rings. The lowest BCUT2D eigenvalue weighted by Crippen LogP contribution is -2.31. The van der Waals surface area contributed by atoms with Gasteiger partial charge in [-0.1, -0.05) is 24.3 Å². The van der Waals surface area contributed by atoms with Crippen LogP contribution in [0.5, 0.6) is 0 Å². The van der Waals surface area contributed by atoms with Crippen LogP contribution in [0.3, 0.4) is 0 Å². The van der Waals surface area contributed by atoms with E-state index in [0.717, 1.165) is 24.1 Å². The summed E-state index contributed by atoms with van der Waals surface area (Å²) in [5, 5.41) is 3.01. The van der Waals surface area contributed by atoms with Crippen LogP contribution in [0.15, 0.2) is 48.5 Å². The summed E-state index contributed by atoms with van der Waals surface area (Å²) >= 11 is 0. The van der Waals surface area contributed by atoms with Gasteiger partial charge in [0.25, 0.3) is 5.91 Å². The largest absolute Gasteiger partial charge is 0.465 e. The summed E-state index contributed by atoms with van der Waals surface area (Å²) in [5.41, 5.74) is 3.01. The third-order valence-corrected chi connectivity index (χ3v) is 5.20. The maximum atomic E-state index is 12.3. The van der Waals surface area contributed by atoms with Gasteiger partial charge >= 0.3 is 5.97 Å². The molecule has 0 bridgehead atoms. The monoisotopic (exact) mass is 366 g/mol. The van der Waals surface area contributed by atoms with Gasteiger partial charge in [0.1, 0.15) is 0 Å². The Bertz CT molecular complexity index is 801. The highest BCUT2D eigenvalue weighted by atomic mass is 16.5. The zero-order chi connectivity index (χ0) is 19.2. The molecule has 5 heteroatoms. The molecule has 1 unspecified atom stereocenters. The Kier molecular flexibility index (Phi) is 6.24. The summed E-state index contributed by atoms with van der Waals surface area (Å²) in [4.78, 5) is 26.4. The van der Waals surface area contributed by atoms with Crippen LogP contribution in [0.2, 0.25) is 0 Å². The second-order valence-corrected chi connectivity index (χ2v) is 6.97. The molecule has 0 spiro atoms. The van der Waals surface area contributed by atoms with Crippen LogP contribution in [0, 0.1) is 0 Å². The zero-order valence-corrected chi connectivity index (χ0v) is 15.9. The highest BCUT2D eigenvalue weighted by Crippen LogP contribution is 2.22. The van der Waals surface area contributed by atoms with E-state index in [0.29, 0.717) is 23.7 Å². The molecule has 1 N–H and O–H groups in total. The molecule has 2 aromatic carbocycles. The summed E-state index contributed by atoms with van der Waals surface area (Å²) in [6, 6.07) is 15.3. The quantitative estimate of drug-likeness (QED) is 0.797. The van der Waals surface area contributed by atoms with E-state index in [2.05, 4.69) is 17.3 Å². The normalized spacial score (nSPS) is 16.9. The maximum Gasteiger partial charge on any atom is 0.337 e. The average molecular weight is 366 g/mol. The molecule has 1 fully saturated rings. The van der Waals surface area contributed by atoms with Gasteiger partial charge in [-0.3, -0.25) is 4.79 Å². The number of hydrogen-bond donors (Lipinski definition) is 1. The van der Waals surface area contributed by atoms with Gasteiger partial charge < -0.3 is 15.0 Å². The molecular formula is C22H26N2O3. The lowest BCUT2D eigenvalue weighted by Gasteiger charge is -2.19. The predicted octanol–water partition coefficient (Wildman–Crippen LogP) is 3.35. The standard InChI is InChI=1S/C22H26N2O3/c1-24-14-4-7-20(24)12-13-23-21(25)17-10-8-16(9-11-17)18-5-3-6-19(15-18)22(26)27-2/h3,5-6,8-11,15,20H,4,7,12-14H2,1-2H3,(H,23,25). The van der Waals surface area contributed by atoms with Crippen LogP contribution in [-0.2, 0) is 4.74 Å². The fourth-order valence-electron chi connectivity index (χ4n) is 3.56. The van der Waals surface area contributed by atoms with Crippen LogP contribution in [0.1, 0.15) is 40.0 Å². The number of hydrogen-bond acceptors (Lipinski definition) is 4. The van der Waals surface area contributed by atoms with E-state index in [-0.39, 0.29) is 11.9 Å². The van der Waals surface area contributed by atoms with Crippen molar-refractivity contribution in [2.45, 2.75) is 25.3 Å². The smallest absolute Gasteiger partial charge is 0.337 e. The van der Waals surface area contributed by atoms with Crippen molar-refractivity contribution in [2.75, 3.05) is 27.2 Å². The first-order valence-corrected chi connectivity index (χ1v) is 9.36. The number of benzene rings is 2. The Morgan fingerprint density at radius 1 is 1.11 bits per heavy atom. The Hall–Kier alpha value is -2.66. The first kappa shape index (κ1) is 19.1. The lowest BCUT2D eigenvalue weighted by atomic mass is 10.0. The van der Waals surface area contributed by atoms with Crippen molar-refractivity contribution in [3.8, 4) is 11.1 Å². The van der Waals surface area contributed by atoms with Crippen molar-refractivity contribution >= 4 is 11.9 Å². The van der Waals surface area contributed by atoms with Crippen LogP contribution in [-0.4, -0.2) is 50.1 Å². The minimum Gasteiger partial charge on any atom is -0.465 e. The number of likely N-dealkylation sites (tertiary alicyclic amines) is 1. The summed E-state index contributed by atoms with van der Waals surface area (Å²) in [6.07, 6.45) is 3.44. The van der Waals surface area contributed by atoms with Gasteiger partial charge in [0.05, 0.1) is 12.7 Å². The Morgan fingerprint density at radius 3 is 2.56 bits per heavy atom. The summed E-state index contributed by atoms with van der Waals surface area (Å²) in [5.74, 6) is -0.411. The highest BCUT2D eigenvalue weighted by Gasteiger charge is 2.20. The molecule has 0 radical (unpaired) electrons. The predicted molar refractivity (Wildman–Crippen MR) is 106 cm³/mol. The van der Waals surface area contributed by atoms with Crippen LogP contribution in [0.25, 0.3) is 11.1 Å². The van der Waals surface area contributed by atoms with Crippen LogP contribution < -0.4 is 5.32 Å². The first-order valence-electron chi connectivity index (χ1n) is 9.36. The van der Waals surface area contributed by atoms with Crippen molar-refractivity contribution in [3.05, 3.63) is 59.7 Å². The van der Waals surface area contributed by atoms with E-state index in [1.54, 1.807) is 12.1 Å². The van der Waals surface area contributed by atoms with Crippen molar-refractivity contribution in [2.24, 2.45) is 0 Å². The molecule has 1 saturated heterocycles. The molecule has 0 aromatic heterocycles. The SMILES string of the molecule is COC(=O)c1cccc(-c2ccc(C(=O)NCCC3CCCN3C)cc2)c1. The molecule has 2 aromatic rings. The number of methoxy groups -OCH3 is 1. The number of ether oxygens (including phenoxy) is 1. The minimum atomic E-state index is -0.360. The van der Waals surface area contributed by atoms with Gasteiger partial charge in [0.2, 0.25) is 0 Å². The van der Waals surface area contributed by atoms with Crippen molar-refractivity contribution in [1.82, 2.24) is 10.2 Å². The molecule has 1 aliphatic heterocycles. The molecule has 27 heavy (non-hydrogen) atoms. The molecular weight excluding hydrogens is 340 g/mol. The molecule has 5 nitrogen and oxygen atoms in total. The zero-order valence-electron chi connectivity index (χ0n) is 15.9. The fraction of sp³-hybridized carbons (Fsp3) is 0.364. The highest BCUT2D eigenvalue weighted by molar-refractivity contribution is 5.95. The average Bonchev–Trinajstić information content (AvgIpc) is 3.12. The molecule has 1 amide bonds. The van der Waals surface area contributed by atoms with E-state index < -0.39 is 0 Å². The molecule has 1 atom stereocenters. The van der Waals surface area contributed by atoms with Gasteiger partial charge in [-0.2, -0.15) is 0 Å². The summed E-state index contributed by atoms with van der Waals surface area (Å²) in [6.45, 7) is 1.84. The van der Waals surface area contributed by atoms with E-state index in [1.807, 2.05) is 36.4 Å². The molecule has 1 heterocycles. The van der Waals surface area contributed by atoms with Gasteiger partial charge in [0.15, 0.2) is 0 Å². The van der Waals surface area contributed by atoms with Crippen LogP contribution in [0.4, 0.5) is 0 Å². The van der Waals surface area contributed by atoms with E-state index in [4.69, 9.17) is 4.74 Å². The van der Waals surface area contributed by atoms with Crippen molar-refractivity contribution < 1.29 is 14.3 Å². The minimum absolute atomic E-state index is 0.0505. The van der Waals surface area contributed by atoms with E-state index in [9.17, 15) is 9.59 Å².